The maximum atomic E-state index is 12.6. The minimum atomic E-state index is -0.373. The number of nitrogens with one attached hydrogen (secondary N) is 1. The maximum Gasteiger partial charge on any atom is 0.341 e. The van der Waals surface area contributed by atoms with Crippen LogP contribution in [0.5, 0.6) is 0 Å². The van der Waals surface area contributed by atoms with Crippen molar-refractivity contribution in [1.29, 1.82) is 0 Å². The standard InChI is InChI=1S/C19H26N4O3S/c1-5-23-10-8-14(21-23)17(24)20-18-16(19(25)26-6-2)13-7-9-22(12(3)4)11-15(13)27-18/h8,10,12H,5-7,9,11H2,1-4H3,(H,20,24). The van der Waals surface area contributed by atoms with E-state index in [0.29, 0.717) is 35.5 Å². The number of carbonyl (C=O) groups excluding carboxylic acids is 2. The Balaban J connectivity index is 1.91. The molecule has 1 N–H and O–H groups in total. The van der Waals surface area contributed by atoms with Crippen LogP contribution in [0.25, 0.3) is 0 Å². The summed E-state index contributed by atoms with van der Waals surface area (Å²) in [4.78, 5) is 28.7. The zero-order chi connectivity index (χ0) is 19.6. The number of ether oxygens (including phenoxy) is 1. The summed E-state index contributed by atoms with van der Waals surface area (Å²) in [5.74, 6) is -0.686. The number of hydrogen-bond donors (Lipinski definition) is 1. The normalized spacial score (nSPS) is 14.3. The number of hydrogen-bond acceptors (Lipinski definition) is 6. The van der Waals surface area contributed by atoms with E-state index in [4.69, 9.17) is 4.74 Å². The molecule has 3 rings (SSSR count). The number of rotatable bonds is 6. The summed E-state index contributed by atoms with van der Waals surface area (Å²) in [5, 5.41) is 7.68. The van der Waals surface area contributed by atoms with Gasteiger partial charge in [-0.15, -0.1) is 11.3 Å². The Bertz CT molecular complexity index is 840. The maximum absolute atomic E-state index is 12.6. The van der Waals surface area contributed by atoms with Crippen LogP contribution in [-0.2, 0) is 24.2 Å². The van der Waals surface area contributed by atoms with E-state index in [-0.39, 0.29) is 11.9 Å². The van der Waals surface area contributed by atoms with E-state index in [1.807, 2.05) is 6.92 Å². The highest BCUT2D eigenvalue weighted by Crippen LogP contribution is 2.38. The fourth-order valence-corrected chi connectivity index (χ4v) is 4.45. The van der Waals surface area contributed by atoms with Gasteiger partial charge in [0.15, 0.2) is 5.69 Å². The number of carbonyl (C=O) groups is 2. The van der Waals surface area contributed by atoms with Gasteiger partial charge < -0.3 is 10.1 Å². The molecule has 0 spiro atoms. The van der Waals surface area contributed by atoms with Gasteiger partial charge in [0, 0.05) is 36.8 Å². The highest BCUT2D eigenvalue weighted by atomic mass is 32.1. The van der Waals surface area contributed by atoms with Crippen LogP contribution in [-0.4, -0.2) is 45.8 Å². The van der Waals surface area contributed by atoms with Crippen LogP contribution in [0.4, 0.5) is 5.00 Å². The van der Waals surface area contributed by atoms with Crippen LogP contribution in [0.15, 0.2) is 12.3 Å². The number of fused-ring (bicyclic) bond motifs is 1. The highest BCUT2D eigenvalue weighted by molar-refractivity contribution is 7.17. The summed E-state index contributed by atoms with van der Waals surface area (Å²) in [5.41, 5.74) is 1.84. The van der Waals surface area contributed by atoms with Gasteiger partial charge in [0.25, 0.3) is 5.91 Å². The average molecular weight is 391 g/mol. The van der Waals surface area contributed by atoms with Crippen molar-refractivity contribution in [2.75, 3.05) is 18.5 Å². The van der Waals surface area contributed by atoms with Crippen molar-refractivity contribution in [3.05, 3.63) is 34.0 Å². The molecular formula is C19H26N4O3S. The Morgan fingerprint density at radius 2 is 2.15 bits per heavy atom. The molecule has 146 valence electrons. The molecule has 0 bridgehead atoms. The summed E-state index contributed by atoms with van der Waals surface area (Å²) in [6.45, 7) is 10.7. The van der Waals surface area contributed by atoms with Crippen molar-refractivity contribution in [1.82, 2.24) is 14.7 Å². The Morgan fingerprint density at radius 3 is 2.78 bits per heavy atom. The van der Waals surface area contributed by atoms with Gasteiger partial charge >= 0.3 is 5.97 Å². The van der Waals surface area contributed by atoms with Crippen LogP contribution >= 0.6 is 11.3 Å². The summed E-state index contributed by atoms with van der Waals surface area (Å²) in [6.07, 6.45) is 2.54. The molecule has 0 saturated carbocycles. The van der Waals surface area contributed by atoms with Gasteiger partial charge in [0.05, 0.1) is 12.2 Å². The lowest BCUT2D eigenvalue weighted by atomic mass is 10.0. The summed E-state index contributed by atoms with van der Waals surface area (Å²) in [6, 6.07) is 2.11. The number of amides is 1. The summed E-state index contributed by atoms with van der Waals surface area (Å²) >= 11 is 1.46. The van der Waals surface area contributed by atoms with E-state index in [2.05, 4.69) is 29.2 Å². The van der Waals surface area contributed by atoms with Gasteiger partial charge in [0.2, 0.25) is 0 Å². The first-order valence-corrected chi connectivity index (χ1v) is 10.2. The zero-order valence-corrected chi connectivity index (χ0v) is 17.1. The molecule has 2 aromatic rings. The Kier molecular flexibility index (Phi) is 5.96. The van der Waals surface area contributed by atoms with Gasteiger partial charge in [-0.25, -0.2) is 4.79 Å². The Labute approximate surface area is 163 Å². The molecule has 0 radical (unpaired) electrons. The van der Waals surface area contributed by atoms with Crippen molar-refractivity contribution in [3.8, 4) is 0 Å². The lowest BCUT2D eigenvalue weighted by Crippen LogP contribution is -2.35. The second-order valence-electron chi connectivity index (χ2n) is 6.75. The van der Waals surface area contributed by atoms with Gasteiger partial charge in [-0.05, 0) is 45.7 Å². The molecule has 1 aliphatic heterocycles. The quantitative estimate of drug-likeness (QED) is 0.767. The molecule has 0 aliphatic carbocycles. The van der Waals surface area contributed by atoms with E-state index in [1.54, 1.807) is 23.9 Å². The summed E-state index contributed by atoms with van der Waals surface area (Å²) in [7, 11) is 0. The summed E-state index contributed by atoms with van der Waals surface area (Å²) < 4.78 is 6.95. The third-order valence-corrected chi connectivity index (χ3v) is 5.85. The molecule has 8 heteroatoms. The Morgan fingerprint density at radius 1 is 1.37 bits per heavy atom. The smallest absolute Gasteiger partial charge is 0.341 e. The lowest BCUT2D eigenvalue weighted by Gasteiger charge is -2.30. The highest BCUT2D eigenvalue weighted by Gasteiger charge is 2.30. The van der Waals surface area contributed by atoms with Crippen LogP contribution in [0, 0.1) is 0 Å². The fraction of sp³-hybridized carbons (Fsp3) is 0.526. The number of esters is 1. The molecule has 7 nitrogen and oxygen atoms in total. The largest absolute Gasteiger partial charge is 0.462 e. The molecule has 2 aromatic heterocycles. The van der Waals surface area contributed by atoms with Crippen LogP contribution in [0.3, 0.4) is 0 Å². The minimum absolute atomic E-state index is 0.301. The molecular weight excluding hydrogens is 364 g/mol. The van der Waals surface area contributed by atoms with Gasteiger partial charge in [-0.1, -0.05) is 0 Å². The van der Waals surface area contributed by atoms with Crippen molar-refractivity contribution < 1.29 is 14.3 Å². The first-order valence-electron chi connectivity index (χ1n) is 9.35. The first-order chi connectivity index (χ1) is 12.9. The molecule has 0 saturated heterocycles. The number of nitrogens with zero attached hydrogens (tertiary/aromatic N) is 3. The van der Waals surface area contributed by atoms with E-state index >= 15 is 0 Å². The minimum Gasteiger partial charge on any atom is -0.462 e. The predicted octanol–water partition coefficient (Wildman–Crippen LogP) is 3.16. The van der Waals surface area contributed by atoms with E-state index < -0.39 is 0 Å². The molecule has 0 fully saturated rings. The second-order valence-corrected chi connectivity index (χ2v) is 7.86. The zero-order valence-electron chi connectivity index (χ0n) is 16.2. The van der Waals surface area contributed by atoms with E-state index in [0.717, 1.165) is 30.0 Å². The molecule has 1 amide bonds. The number of thiophene rings is 1. The fourth-order valence-electron chi connectivity index (χ4n) is 3.20. The van der Waals surface area contributed by atoms with Crippen LogP contribution in [0.2, 0.25) is 0 Å². The van der Waals surface area contributed by atoms with E-state index in [1.165, 1.54) is 11.3 Å². The lowest BCUT2D eigenvalue weighted by molar-refractivity contribution is 0.0526. The Hall–Kier alpha value is -2.19. The van der Waals surface area contributed by atoms with Crippen molar-refractivity contribution >= 4 is 28.2 Å². The van der Waals surface area contributed by atoms with Crippen molar-refractivity contribution in [2.24, 2.45) is 0 Å². The molecule has 0 atom stereocenters. The van der Waals surface area contributed by atoms with Gasteiger partial charge in [-0.3, -0.25) is 14.4 Å². The monoisotopic (exact) mass is 390 g/mol. The third-order valence-electron chi connectivity index (χ3n) is 4.72. The third kappa shape index (κ3) is 4.06. The second kappa shape index (κ2) is 8.22. The van der Waals surface area contributed by atoms with Gasteiger partial charge in [-0.2, -0.15) is 5.10 Å². The van der Waals surface area contributed by atoms with Crippen molar-refractivity contribution in [3.63, 3.8) is 0 Å². The molecule has 1 aliphatic rings. The number of anilines is 1. The first kappa shape index (κ1) is 19.6. The molecule has 3 heterocycles. The van der Waals surface area contributed by atoms with Crippen LogP contribution in [0.1, 0.15) is 59.0 Å². The molecule has 27 heavy (non-hydrogen) atoms. The number of aromatic nitrogens is 2. The van der Waals surface area contributed by atoms with Crippen molar-refractivity contribution in [2.45, 2.75) is 53.2 Å². The number of aryl methyl sites for hydroxylation is 1. The molecule has 0 aromatic carbocycles. The topological polar surface area (TPSA) is 76.5 Å². The SMILES string of the molecule is CCOC(=O)c1c(NC(=O)c2ccn(CC)n2)sc2c1CCN(C(C)C)C2. The average Bonchev–Trinajstić information content (AvgIpc) is 3.25. The predicted molar refractivity (Wildman–Crippen MR) is 105 cm³/mol. The van der Waals surface area contributed by atoms with E-state index in [9.17, 15) is 9.59 Å². The van der Waals surface area contributed by atoms with Crippen LogP contribution < -0.4 is 5.32 Å². The molecule has 0 unspecified atom stereocenters. The van der Waals surface area contributed by atoms with Gasteiger partial charge in [0.1, 0.15) is 5.00 Å².